The van der Waals surface area contributed by atoms with Gasteiger partial charge in [-0.25, -0.2) is 0 Å². The van der Waals surface area contributed by atoms with Crippen molar-refractivity contribution >= 4 is 0 Å². The van der Waals surface area contributed by atoms with Crippen LogP contribution in [0.15, 0.2) is 0 Å². The Labute approximate surface area is 94.8 Å². The Kier molecular flexibility index (Phi) is 2.05. The minimum Gasteiger partial charge on any atom is -0.0622 e. The van der Waals surface area contributed by atoms with E-state index in [0.717, 1.165) is 35.5 Å². The molecule has 2 unspecified atom stereocenters. The van der Waals surface area contributed by atoms with E-state index in [4.69, 9.17) is 0 Å². The molecule has 0 saturated heterocycles. The third kappa shape index (κ3) is 1.26. The smallest absolute Gasteiger partial charge is 0.0289 e. The van der Waals surface area contributed by atoms with Gasteiger partial charge in [-0.1, -0.05) is 40.5 Å². The lowest BCUT2D eigenvalue weighted by Gasteiger charge is -2.28. The van der Waals surface area contributed by atoms with Gasteiger partial charge in [-0.2, -0.15) is 0 Å². The molecule has 3 rings (SSSR count). The highest BCUT2D eigenvalue weighted by molar-refractivity contribution is 5.12. The zero-order chi connectivity index (χ0) is 10.8. The number of hydrogen-bond acceptors (Lipinski definition) is 0. The molecular formula is C15H26. The molecule has 0 bridgehead atoms. The molecule has 0 amide bonds. The van der Waals surface area contributed by atoms with Crippen LogP contribution in [0, 0.1) is 40.9 Å². The molecule has 3 saturated carbocycles. The van der Waals surface area contributed by atoms with Crippen LogP contribution in [0.4, 0.5) is 0 Å². The summed E-state index contributed by atoms with van der Waals surface area (Å²) in [5.74, 6) is 6.37. The fourth-order valence-corrected chi connectivity index (χ4v) is 5.31. The second-order valence-electron chi connectivity index (χ2n) is 7.30. The van der Waals surface area contributed by atoms with Gasteiger partial charge in [0.2, 0.25) is 0 Å². The van der Waals surface area contributed by atoms with Gasteiger partial charge in [0, 0.05) is 0 Å². The Balaban J connectivity index is 1.90. The van der Waals surface area contributed by atoms with Crippen molar-refractivity contribution in [2.24, 2.45) is 40.9 Å². The van der Waals surface area contributed by atoms with Crippen LogP contribution in [0.3, 0.4) is 0 Å². The molecule has 0 spiro atoms. The lowest BCUT2D eigenvalue weighted by atomic mass is 9.77. The summed E-state index contributed by atoms with van der Waals surface area (Å²) < 4.78 is 0. The zero-order valence-corrected chi connectivity index (χ0v) is 10.8. The maximum Gasteiger partial charge on any atom is -0.0289 e. The molecule has 0 aromatic heterocycles. The van der Waals surface area contributed by atoms with E-state index in [1.54, 1.807) is 0 Å². The maximum absolute atomic E-state index is 2.53. The molecule has 3 fully saturated rings. The average molecular weight is 206 g/mol. The van der Waals surface area contributed by atoms with Crippen molar-refractivity contribution in [3.63, 3.8) is 0 Å². The minimum atomic E-state index is 0.696. The zero-order valence-electron chi connectivity index (χ0n) is 10.8. The van der Waals surface area contributed by atoms with Crippen LogP contribution in [0.2, 0.25) is 0 Å². The molecule has 0 heterocycles. The van der Waals surface area contributed by atoms with Gasteiger partial charge in [-0.3, -0.25) is 0 Å². The summed E-state index contributed by atoms with van der Waals surface area (Å²) in [6, 6.07) is 0. The topological polar surface area (TPSA) is 0 Å². The summed E-state index contributed by atoms with van der Waals surface area (Å²) in [6.07, 6.45) is 6.09. The van der Waals surface area contributed by atoms with Gasteiger partial charge in [-0.05, 0) is 53.8 Å². The highest BCUT2D eigenvalue weighted by Crippen LogP contribution is 2.70. The second-order valence-corrected chi connectivity index (χ2v) is 7.30. The van der Waals surface area contributed by atoms with Gasteiger partial charge in [0.25, 0.3) is 0 Å². The number of fused-ring (bicyclic) bond motifs is 3. The van der Waals surface area contributed by atoms with Crippen molar-refractivity contribution in [2.75, 3.05) is 0 Å². The SMILES string of the molecule is C[C@@H]1CCC2C([C@@H]3[C@H]1CC[C@@H]3C)C2(C)C. The number of rotatable bonds is 0. The molecule has 0 aliphatic heterocycles. The Hall–Kier alpha value is 0. The monoisotopic (exact) mass is 206 g/mol. The summed E-state index contributed by atoms with van der Waals surface area (Å²) in [4.78, 5) is 0. The normalized spacial score (nSPS) is 56.8. The lowest BCUT2D eigenvalue weighted by molar-refractivity contribution is 0.202. The first kappa shape index (κ1) is 10.2. The van der Waals surface area contributed by atoms with E-state index in [9.17, 15) is 0 Å². The highest BCUT2D eigenvalue weighted by Gasteiger charge is 2.64. The van der Waals surface area contributed by atoms with Crippen LogP contribution in [0.5, 0.6) is 0 Å². The van der Waals surface area contributed by atoms with Crippen molar-refractivity contribution < 1.29 is 0 Å². The predicted octanol–water partition coefficient (Wildman–Crippen LogP) is 4.35. The quantitative estimate of drug-likeness (QED) is 0.553. The molecule has 3 aliphatic rings. The largest absolute Gasteiger partial charge is 0.0622 e. The van der Waals surface area contributed by atoms with E-state index in [-0.39, 0.29) is 0 Å². The van der Waals surface area contributed by atoms with Crippen LogP contribution in [0.1, 0.15) is 53.4 Å². The molecule has 6 atom stereocenters. The van der Waals surface area contributed by atoms with Gasteiger partial charge >= 0.3 is 0 Å². The maximum atomic E-state index is 2.53. The van der Waals surface area contributed by atoms with Gasteiger partial charge in [0.1, 0.15) is 0 Å². The summed E-state index contributed by atoms with van der Waals surface area (Å²) in [6.45, 7) is 10.1. The van der Waals surface area contributed by atoms with Gasteiger partial charge in [0.05, 0.1) is 0 Å². The molecular weight excluding hydrogens is 180 g/mol. The molecule has 0 heteroatoms. The third-order valence-corrected chi connectivity index (χ3v) is 6.32. The Morgan fingerprint density at radius 1 is 0.867 bits per heavy atom. The summed E-state index contributed by atoms with van der Waals surface area (Å²) in [5, 5.41) is 0. The lowest BCUT2D eigenvalue weighted by Crippen LogP contribution is -2.22. The number of hydrogen-bond donors (Lipinski definition) is 0. The van der Waals surface area contributed by atoms with Crippen molar-refractivity contribution in [2.45, 2.75) is 53.4 Å². The van der Waals surface area contributed by atoms with Crippen LogP contribution in [-0.2, 0) is 0 Å². The van der Waals surface area contributed by atoms with Crippen LogP contribution >= 0.6 is 0 Å². The Bertz CT molecular complexity index is 265. The molecule has 15 heavy (non-hydrogen) atoms. The summed E-state index contributed by atoms with van der Waals surface area (Å²) in [5.41, 5.74) is 0.696. The Morgan fingerprint density at radius 2 is 1.53 bits per heavy atom. The molecule has 86 valence electrons. The van der Waals surface area contributed by atoms with Crippen LogP contribution in [-0.4, -0.2) is 0 Å². The fourth-order valence-electron chi connectivity index (χ4n) is 5.31. The molecule has 0 nitrogen and oxygen atoms in total. The van der Waals surface area contributed by atoms with Crippen molar-refractivity contribution in [3.8, 4) is 0 Å². The van der Waals surface area contributed by atoms with Crippen molar-refractivity contribution in [3.05, 3.63) is 0 Å². The molecule has 0 aromatic rings. The van der Waals surface area contributed by atoms with E-state index in [1.807, 2.05) is 0 Å². The third-order valence-electron chi connectivity index (χ3n) is 6.32. The summed E-state index contributed by atoms with van der Waals surface area (Å²) in [7, 11) is 0. The fraction of sp³-hybridized carbons (Fsp3) is 1.00. The van der Waals surface area contributed by atoms with Crippen molar-refractivity contribution in [1.82, 2.24) is 0 Å². The van der Waals surface area contributed by atoms with E-state index < -0.39 is 0 Å². The second kappa shape index (κ2) is 3.02. The highest BCUT2D eigenvalue weighted by atomic mass is 14.7. The summed E-state index contributed by atoms with van der Waals surface area (Å²) >= 11 is 0. The molecule has 3 aliphatic carbocycles. The standard InChI is InChI=1S/C15H26/c1-9-6-8-12-14(15(12,3)4)13-10(2)5-7-11(9)13/h9-14H,5-8H2,1-4H3/t9-,10+,11+,12?,13+,14?/m1/s1. The van der Waals surface area contributed by atoms with Crippen LogP contribution in [0.25, 0.3) is 0 Å². The van der Waals surface area contributed by atoms with E-state index in [2.05, 4.69) is 27.7 Å². The molecule has 0 aromatic carbocycles. The predicted molar refractivity (Wildman–Crippen MR) is 64.5 cm³/mol. The first-order chi connectivity index (χ1) is 7.03. The van der Waals surface area contributed by atoms with Crippen molar-refractivity contribution in [1.29, 1.82) is 0 Å². The first-order valence-corrected chi connectivity index (χ1v) is 7.03. The average Bonchev–Trinajstić information content (AvgIpc) is 2.55. The van der Waals surface area contributed by atoms with E-state index >= 15 is 0 Å². The van der Waals surface area contributed by atoms with E-state index in [0.29, 0.717) is 5.41 Å². The van der Waals surface area contributed by atoms with Crippen LogP contribution < -0.4 is 0 Å². The first-order valence-electron chi connectivity index (χ1n) is 7.03. The van der Waals surface area contributed by atoms with E-state index in [1.165, 1.54) is 25.7 Å². The van der Waals surface area contributed by atoms with Gasteiger partial charge < -0.3 is 0 Å². The van der Waals surface area contributed by atoms with Gasteiger partial charge in [-0.15, -0.1) is 0 Å². The van der Waals surface area contributed by atoms with Gasteiger partial charge in [0.15, 0.2) is 0 Å². The Morgan fingerprint density at radius 3 is 2.27 bits per heavy atom. The minimum absolute atomic E-state index is 0.696. The molecule has 0 N–H and O–H groups in total. The molecule has 0 radical (unpaired) electrons.